The lowest BCUT2D eigenvalue weighted by Gasteiger charge is -2.28. The molecule has 0 bridgehead atoms. The molecule has 1 nitrogen and oxygen atoms in total. The van der Waals surface area contributed by atoms with Gasteiger partial charge in [-0.2, -0.15) is 0 Å². The zero-order valence-corrected chi connectivity index (χ0v) is 10.0. The molecule has 1 unspecified atom stereocenters. The van der Waals surface area contributed by atoms with Gasteiger partial charge in [0.25, 0.3) is 0 Å². The summed E-state index contributed by atoms with van der Waals surface area (Å²) in [6, 6.07) is 9.17. The standard InChI is InChI=1S/C12H16BrN/c1-9-5-6-12(14-8-9)10-3-2-4-11(13)7-10/h2-4,7,9,12,14H,5-6,8H2,1H3/t9?,12-/m0/s1. The first-order valence-corrected chi connectivity index (χ1v) is 6.04. The van der Waals surface area contributed by atoms with E-state index in [-0.39, 0.29) is 0 Å². The zero-order chi connectivity index (χ0) is 9.97. The second kappa shape index (κ2) is 4.45. The molecule has 1 aliphatic heterocycles. The van der Waals surface area contributed by atoms with Crippen LogP contribution in [-0.2, 0) is 0 Å². The number of nitrogens with one attached hydrogen (secondary N) is 1. The maximum absolute atomic E-state index is 3.59. The minimum atomic E-state index is 0.559. The van der Waals surface area contributed by atoms with Crippen LogP contribution >= 0.6 is 15.9 Å². The van der Waals surface area contributed by atoms with E-state index in [0.717, 1.165) is 12.5 Å². The topological polar surface area (TPSA) is 12.0 Å². The van der Waals surface area contributed by atoms with Crippen molar-refractivity contribution in [3.63, 3.8) is 0 Å². The molecule has 0 radical (unpaired) electrons. The van der Waals surface area contributed by atoms with Crippen molar-refractivity contribution in [1.29, 1.82) is 0 Å². The molecule has 1 fully saturated rings. The van der Waals surface area contributed by atoms with E-state index in [4.69, 9.17) is 0 Å². The van der Waals surface area contributed by atoms with E-state index >= 15 is 0 Å². The highest BCUT2D eigenvalue weighted by Gasteiger charge is 2.18. The average Bonchev–Trinajstić information content (AvgIpc) is 2.19. The quantitative estimate of drug-likeness (QED) is 0.808. The number of halogens is 1. The first kappa shape index (κ1) is 10.2. The van der Waals surface area contributed by atoms with E-state index in [1.54, 1.807) is 0 Å². The van der Waals surface area contributed by atoms with Gasteiger partial charge >= 0.3 is 0 Å². The summed E-state index contributed by atoms with van der Waals surface area (Å²) in [4.78, 5) is 0. The summed E-state index contributed by atoms with van der Waals surface area (Å²) < 4.78 is 1.18. The normalized spacial score (nSPS) is 27.6. The fourth-order valence-corrected chi connectivity index (χ4v) is 2.42. The van der Waals surface area contributed by atoms with Gasteiger partial charge in [0.2, 0.25) is 0 Å². The molecule has 1 N–H and O–H groups in total. The van der Waals surface area contributed by atoms with Gasteiger partial charge in [-0.1, -0.05) is 35.0 Å². The van der Waals surface area contributed by atoms with Crippen LogP contribution in [0, 0.1) is 5.92 Å². The minimum Gasteiger partial charge on any atom is -0.310 e. The molecule has 0 aliphatic carbocycles. The number of piperidine rings is 1. The molecular weight excluding hydrogens is 238 g/mol. The first-order valence-electron chi connectivity index (χ1n) is 5.24. The Bertz CT molecular complexity index is 303. The lowest BCUT2D eigenvalue weighted by molar-refractivity contribution is 0.333. The lowest BCUT2D eigenvalue weighted by atomic mass is 9.92. The molecule has 14 heavy (non-hydrogen) atoms. The fraction of sp³-hybridized carbons (Fsp3) is 0.500. The van der Waals surface area contributed by atoms with E-state index in [9.17, 15) is 0 Å². The molecular formula is C12H16BrN. The second-order valence-corrected chi connectivity index (χ2v) is 5.11. The van der Waals surface area contributed by atoms with E-state index in [0.29, 0.717) is 6.04 Å². The molecule has 2 rings (SSSR count). The highest BCUT2D eigenvalue weighted by atomic mass is 79.9. The maximum Gasteiger partial charge on any atom is 0.0320 e. The van der Waals surface area contributed by atoms with Gasteiger partial charge in [0.1, 0.15) is 0 Å². The Morgan fingerprint density at radius 3 is 2.86 bits per heavy atom. The van der Waals surface area contributed by atoms with E-state index < -0.39 is 0 Å². The summed E-state index contributed by atoms with van der Waals surface area (Å²) in [6.45, 7) is 3.46. The summed E-state index contributed by atoms with van der Waals surface area (Å²) in [7, 11) is 0. The third-order valence-electron chi connectivity index (χ3n) is 2.91. The number of hydrogen-bond donors (Lipinski definition) is 1. The first-order chi connectivity index (χ1) is 6.75. The van der Waals surface area contributed by atoms with Crippen LogP contribution in [-0.4, -0.2) is 6.54 Å². The van der Waals surface area contributed by atoms with Crippen molar-refractivity contribution in [2.24, 2.45) is 5.92 Å². The van der Waals surface area contributed by atoms with E-state index in [1.807, 2.05) is 0 Å². The van der Waals surface area contributed by atoms with Crippen molar-refractivity contribution in [2.75, 3.05) is 6.54 Å². The molecule has 0 amide bonds. The van der Waals surface area contributed by atoms with Crippen LogP contribution in [0.25, 0.3) is 0 Å². The van der Waals surface area contributed by atoms with Crippen molar-refractivity contribution in [2.45, 2.75) is 25.8 Å². The van der Waals surface area contributed by atoms with Gasteiger partial charge in [-0.3, -0.25) is 0 Å². The SMILES string of the molecule is CC1CC[C@@H](c2cccc(Br)c2)NC1. The molecule has 1 saturated heterocycles. The zero-order valence-electron chi connectivity index (χ0n) is 8.46. The van der Waals surface area contributed by atoms with Gasteiger partial charge in [-0.15, -0.1) is 0 Å². The van der Waals surface area contributed by atoms with Crippen LogP contribution in [0.4, 0.5) is 0 Å². The minimum absolute atomic E-state index is 0.559. The molecule has 1 aromatic rings. The Morgan fingerprint density at radius 2 is 2.21 bits per heavy atom. The fourth-order valence-electron chi connectivity index (χ4n) is 2.01. The van der Waals surface area contributed by atoms with Gasteiger partial charge in [-0.05, 0) is 43.0 Å². The van der Waals surface area contributed by atoms with Gasteiger partial charge in [0.15, 0.2) is 0 Å². The number of benzene rings is 1. The molecule has 0 saturated carbocycles. The number of hydrogen-bond acceptors (Lipinski definition) is 1. The van der Waals surface area contributed by atoms with Crippen LogP contribution in [0.5, 0.6) is 0 Å². The van der Waals surface area contributed by atoms with Crippen molar-refractivity contribution in [3.8, 4) is 0 Å². The molecule has 2 atom stereocenters. The van der Waals surface area contributed by atoms with Crippen molar-refractivity contribution in [3.05, 3.63) is 34.3 Å². The van der Waals surface area contributed by atoms with Gasteiger partial charge in [0.05, 0.1) is 0 Å². The van der Waals surface area contributed by atoms with Gasteiger partial charge < -0.3 is 5.32 Å². The molecule has 76 valence electrons. The summed E-state index contributed by atoms with van der Waals surface area (Å²) in [5.41, 5.74) is 1.41. The van der Waals surface area contributed by atoms with Crippen molar-refractivity contribution < 1.29 is 0 Å². The van der Waals surface area contributed by atoms with Crippen LogP contribution in [0.2, 0.25) is 0 Å². The largest absolute Gasteiger partial charge is 0.310 e. The summed E-state index contributed by atoms with van der Waals surface area (Å²) >= 11 is 3.51. The third kappa shape index (κ3) is 2.37. The van der Waals surface area contributed by atoms with Crippen LogP contribution in [0.3, 0.4) is 0 Å². The van der Waals surface area contributed by atoms with Crippen molar-refractivity contribution >= 4 is 15.9 Å². The third-order valence-corrected chi connectivity index (χ3v) is 3.41. The van der Waals surface area contributed by atoms with Crippen LogP contribution in [0.15, 0.2) is 28.7 Å². The smallest absolute Gasteiger partial charge is 0.0320 e. The second-order valence-electron chi connectivity index (χ2n) is 4.20. The van der Waals surface area contributed by atoms with Gasteiger partial charge in [-0.25, -0.2) is 0 Å². The summed E-state index contributed by atoms with van der Waals surface area (Å²) in [6.07, 6.45) is 2.60. The average molecular weight is 254 g/mol. The Hall–Kier alpha value is -0.340. The molecule has 0 aromatic heterocycles. The maximum atomic E-state index is 3.59. The molecule has 1 heterocycles. The number of rotatable bonds is 1. The molecule has 0 spiro atoms. The molecule has 1 aliphatic rings. The van der Waals surface area contributed by atoms with E-state index in [2.05, 4.69) is 52.4 Å². The Morgan fingerprint density at radius 1 is 1.36 bits per heavy atom. The lowest BCUT2D eigenvalue weighted by Crippen LogP contribution is -2.31. The van der Waals surface area contributed by atoms with Crippen molar-refractivity contribution in [1.82, 2.24) is 5.32 Å². The molecule has 2 heteroatoms. The molecule has 1 aromatic carbocycles. The predicted molar refractivity (Wildman–Crippen MR) is 63.3 cm³/mol. The Kier molecular flexibility index (Phi) is 3.24. The Balaban J connectivity index is 2.08. The summed E-state index contributed by atoms with van der Waals surface area (Å²) in [5, 5.41) is 3.59. The monoisotopic (exact) mass is 253 g/mol. The van der Waals surface area contributed by atoms with Crippen LogP contribution < -0.4 is 5.32 Å². The highest BCUT2D eigenvalue weighted by molar-refractivity contribution is 9.10. The predicted octanol–water partition coefficient (Wildman–Crippen LogP) is 3.51. The Labute approximate surface area is 94.0 Å². The summed E-state index contributed by atoms with van der Waals surface area (Å²) in [5.74, 6) is 0.832. The van der Waals surface area contributed by atoms with Gasteiger partial charge in [0, 0.05) is 10.5 Å². The van der Waals surface area contributed by atoms with E-state index in [1.165, 1.54) is 22.9 Å². The van der Waals surface area contributed by atoms with Crippen LogP contribution in [0.1, 0.15) is 31.4 Å². The highest BCUT2D eigenvalue weighted by Crippen LogP contribution is 2.26.